The van der Waals surface area contributed by atoms with E-state index in [1.54, 1.807) is 12.4 Å². The van der Waals surface area contributed by atoms with E-state index in [0.29, 0.717) is 18.1 Å². The lowest BCUT2D eigenvalue weighted by Crippen LogP contribution is -2.38. The third kappa shape index (κ3) is 6.34. The minimum Gasteiger partial charge on any atom is -0.379 e. The van der Waals surface area contributed by atoms with Gasteiger partial charge in [-0.05, 0) is 37.6 Å². The van der Waals surface area contributed by atoms with Gasteiger partial charge in [-0.25, -0.2) is 14.5 Å². The summed E-state index contributed by atoms with van der Waals surface area (Å²) in [6.45, 7) is 8.91. The summed E-state index contributed by atoms with van der Waals surface area (Å²) in [5, 5.41) is 11.3. The summed E-state index contributed by atoms with van der Waals surface area (Å²) >= 11 is 0. The van der Waals surface area contributed by atoms with Gasteiger partial charge in [-0.3, -0.25) is 15.2 Å². The van der Waals surface area contributed by atoms with Crippen LogP contribution in [0.1, 0.15) is 29.9 Å². The normalized spacial score (nSPS) is 14.9. The van der Waals surface area contributed by atoms with Crippen molar-refractivity contribution in [1.82, 2.24) is 30.0 Å². The summed E-state index contributed by atoms with van der Waals surface area (Å²) in [5.41, 5.74) is 4.34. The third-order valence-electron chi connectivity index (χ3n) is 6.53. The first-order chi connectivity index (χ1) is 18.6. The number of carbonyl (C=O) groups is 1. The van der Waals surface area contributed by atoms with Crippen LogP contribution in [0.2, 0.25) is 0 Å². The van der Waals surface area contributed by atoms with Gasteiger partial charge in [-0.15, -0.1) is 0 Å². The van der Waals surface area contributed by atoms with E-state index in [0.717, 1.165) is 60.7 Å². The zero-order chi connectivity index (χ0) is 26.3. The van der Waals surface area contributed by atoms with Crippen LogP contribution in [0.3, 0.4) is 0 Å². The van der Waals surface area contributed by atoms with Gasteiger partial charge in [0.2, 0.25) is 0 Å². The molecule has 1 atom stereocenters. The Morgan fingerprint density at radius 3 is 2.76 bits per heavy atom. The zero-order valence-corrected chi connectivity index (χ0v) is 21.8. The predicted molar refractivity (Wildman–Crippen MR) is 145 cm³/mol. The van der Waals surface area contributed by atoms with Crippen LogP contribution in [0, 0.1) is 6.92 Å². The van der Waals surface area contributed by atoms with Crippen LogP contribution in [0.4, 0.5) is 10.6 Å². The fraction of sp³-hybridized carbons (Fsp3) is 0.357. The number of amides is 2. The average molecular weight is 516 g/mol. The molecule has 1 aliphatic rings. The van der Waals surface area contributed by atoms with E-state index in [2.05, 4.69) is 25.6 Å². The minimum absolute atomic E-state index is 0.152. The molecule has 10 heteroatoms. The Hall–Kier alpha value is -3.86. The Morgan fingerprint density at radius 1 is 1.16 bits per heavy atom. The van der Waals surface area contributed by atoms with Gasteiger partial charge in [0.25, 0.3) is 0 Å². The molecule has 0 saturated carbocycles. The van der Waals surface area contributed by atoms with Gasteiger partial charge >= 0.3 is 6.03 Å². The zero-order valence-electron chi connectivity index (χ0n) is 21.8. The molecule has 4 heterocycles. The van der Waals surface area contributed by atoms with Crippen molar-refractivity contribution in [2.75, 3.05) is 44.8 Å². The number of hydrogen-bond donors (Lipinski definition) is 2. The number of nitrogens with one attached hydrogen (secondary N) is 2. The van der Waals surface area contributed by atoms with Crippen LogP contribution in [0.15, 0.2) is 60.9 Å². The quantitative estimate of drug-likeness (QED) is 0.326. The lowest BCUT2D eigenvalue weighted by Gasteiger charge is -2.26. The highest BCUT2D eigenvalue weighted by Crippen LogP contribution is 2.25. The van der Waals surface area contributed by atoms with Crippen molar-refractivity contribution in [1.29, 1.82) is 0 Å². The molecule has 0 spiro atoms. The standard InChI is InChI=1S/C28H33N7O3/c1-20-16-24(8-9-29-20)35-27-23(18-30-35)17-26(33-28(36)31-21(2)22-6-4-3-5-7-22)32-25(27)19-38-15-12-34-10-13-37-14-11-34/h3-9,16-18,21H,10-15,19H2,1-2H3,(H2,31,32,33,36). The number of aryl methyl sites for hydroxylation is 1. The first kappa shape index (κ1) is 25.8. The smallest absolute Gasteiger partial charge is 0.320 e. The minimum atomic E-state index is -0.329. The van der Waals surface area contributed by atoms with Crippen LogP contribution in [-0.2, 0) is 16.1 Å². The number of benzene rings is 1. The summed E-state index contributed by atoms with van der Waals surface area (Å²) < 4.78 is 13.3. The van der Waals surface area contributed by atoms with Crippen LogP contribution >= 0.6 is 0 Å². The number of urea groups is 1. The molecule has 2 N–H and O–H groups in total. The molecule has 1 fully saturated rings. The number of nitrogens with zero attached hydrogens (tertiary/aromatic N) is 5. The van der Waals surface area contributed by atoms with Crippen molar-refractivity contribution in [2.45, 2.75) is 26.5 Å². The molecule has 0 aliphatic carbocycles. The highest BCUT2D eigenvalue weighted by atomic mass is 16.5. The van der Waals surface area contributed by atoms with Gasteiger partial charge in [0.05, 0.1) is 55.6 Å². The first-order valence-electron chi connectivity index (χ1n) is 12.9. The van der Waals surface area contributed by atoms with E-state index in [4.69, 9.17) is 14.5 Å². The number of pyridine rings is 2. The van der Waals surface area contributed by atoms with Crippen molar-refractivity contribution in [3.63, 3.8) is 0 Å². The van der Waals surface area contributed by atoms with E-state index >= 15 is 0 Å². The fourth-order valence-corrected chi connectivity index (χ4v) is 4.52. The van der Waals surface area contributed by atoms with Crippen molar-refractivity contribution in [2.24, 2.45) is 0 Å². The van der Waals surface area contributed by atoms with E-state index in [-0.39, 0.29) is 18.7 Å². The maximum atomic E-state index is 12.8. The summed E-state index contributed by atoms with van der Waals surface area (Å²) in [5.74, 6) is 0.437. The molecule has 1 saturated heterocycles. The van der Waals surface area contributed by atoms with Gasteiger partial charge in [-0.1, -0.05) is 30.3 Å². The van der Waals surface area contributed by atoms with Crippen molar-refractivity contribution < 1.29 is 14.3 Å². The number of rotatable bonds is 9. The van der Waals surface area contributed by atoms with E-state index in [1.807, 2.05) is 67.1 Å². The molecule has 1 aromatic carbocycles. The molecule has 1 aliphatic heterocycles. The molecule has 0 radical (unpaired) electrons. The van der Waals surface area contributed by atoms with E-state index < -0.39 is 0 Å². The molecule has 2 amide bonds. The van der Waals surface area contributed by atoms with Gasteiger partial charge in [0.1, 0.15) is 5.82 Å². The maximum absolute atomic E-state index is 12.8. The fourth-order valence-electron chi connectivity index (χ4n) is 4.52. The predicted octanol–water partition coefficient (Wildman–Crippen LogP) is 3.86. The number of carbonyl (C=O) groups excluding carboxylic acids is 1. The Morgan fingerprint density at radius 2 is 1.97 bits per heavy atom. The Bertz CT molecular complexity index is 1370. The largest absolute Gasteiger partial charge is 0.379 e. The van der Waals surface area contributed by atoms with E-state index in [1.165, 1.54) is 0 Å². The van der Waals surface area contributed by atoms with Crippen LogP contribution in [0.25, 0.3) is 16.6 Å². The lowest BCUT2D eigenvalue weighted by atomic mass is 10.1. The maximum Gasteiger partial charge on any atom is 0.320 e. The third-order valence-corrected chi connectivity index (χ3v) is 6.53. The Balaban J connectivity index is 1.35. The van der Waals surface area contributed by atoms with Gasteiger partial charge in [-0.2, -0.15) is 5.10 Å². The monoisotopic (exact) mass is 515 g/mol. The molecular formula is C28H33N7O3. The lowest BCUT2D eigenvalue weighted by molar-refractivity contribution is 0.0178. The summed E-state index contributed by atoms with van der Waals surface area (Å²) in [7, 11) is 0. The molecule has 0 bridgehead atoms. The second-order valence-electron chi connectivity index (χ2n) is 9.34. The molecule has 4 aromatic rings. The topological polar surface area (TPSA) is 106 Å². The summed E-state index contributed by atoms with van der Waals surface area (Å²) in [6.07, 6.45) is 3.54. The van der Waals surface area contributed by atoms with Crippen molar-refractivity contribution in [3.05, 3.63) is 77.9 Å². The summed E-state index contributed by atoms with van der Waals surface area (Å²) in [4.78, 5) is 24.2. The van der Waals surface area contributed by atoms with Gasteiger partial charge < -0.3 is 14.8 Å². The molecule has 10 nitrogen and oxygen atoms in total. The Kier molecular flexibility index (Phi) is 8.22. The van der Waals surface area contributed by atoms with Crippen molar-refractivity contribution >= 4 is 22.8 Å². The average Bonchev–Trinajstić information content (AvgIpc) is 3.36. The number of aromatic nitrogens is 4. The number of fused-ring (bicyclic) bond motifs is 1. The van der Waals surface area contributed by atoms with Crippen LogP contribution in [0.5, 0.6) is 0 Å². The highest BCUT2D eigenvalue weighted by molar-refractivity contribution is 5.92. The van der Waals surface area contributed by atoms with Crippen molar-refractivity contribution in [3.8, 4) is 5.69 Å². The SMILES string of the molecule is Cc1cc(-n2ncc3cc(NC(=O)NC(C)c4ccccc4)nc(COCCN4CCOCC4)c32)ccn1. The molecular weight excluding hydrogens is 482 g/mol. The number of hydrogen-bond acceptors (Lipinski definition) is 7. The second-order valence-corrected chi connectivity index (χ2v) is 9.34. The molecule has 1 unspecified atom stereocenters. The number of morpholine rings is 1. The number of anilines is 1. The number of ether oxygens (including phenoxy) is 2. The van der Waals surface area contributed by atoms with Crippen LogP contribution < -0.4 is 10.6 Å². The van der Waals surface area contributed by atoms with E-state index in [9.17, 15) is 4.79 Å². The van der Waals surface area contributed by atoms with Crippen LogP contribution in [-0.4, -0.2) is 70.1 Å². The second kappa shape index (κ2) is 12.1. The molecule has 3 aromatic heterocycles. The first-order valence-corrected chi connectivity index (χ1v) is 12.9. The highest BCUT2D eigenvalue weighted by Gasteiger charge is 2.17. The molecule has 5 rings (SSSR count). The summed E-state index contributed by atoms with van der Waals surface area (Å²) in [6, 6.07) is 15.1. The Labute approximate surface area is 222 Å². The van der Waals surface area contributed by atoms with Gasteiger partial charge in [0.15, 0.2) is 0 Å². The molecule has 198 valence electrons. The molecule has 38 heavy (non-hydrogen) atoms. The van der Waals surface area contributed by atoms with Gasteiger partial charge in [0, 0.05) is 36.9 Å².